The monoisotopic (exact) mass is 286 g/mol. The first-order chi connectivity index (χ1) is 10.0. The van der Waals surface area contributed by atoms with E-state index in [1.807, 2.05) is 51.2 Å². The molecular weight excluding hydrogens is 264 g/mol. The van der Waals surface area contributed by atoms with Crippen LogP contribution in [-0.2, 0) is 6.61 Å². The summed E-state index contributed by atoms with van der Waals surface area (Å²) in [5.74, 6) is 1.67. The number of hydrogen-bond acceptors (Lipinski definition) is 4. The second-order valence-corrected chi connectivity index (χ2v) is 5.20. The molecule has 0 unspecified atom stereocenters. The molecule has 0 spiro atoms. The van der Waals surface area contributed by atoms with Gasteiger partial charge in [-0.05, 0) is 38.5 Å². The van der Waals surface area contributed by atoms with E-state index in [0.29, 0.717) is 6.61 Å². The van der Waals surface area contributed by atoms with Crippen molar-refractivity contribution in [2.24, 2.45) is 5.73 Å². The fourth-order valence-electron chi connectivity index (χ4n) is 2.26. The molecule has 2 rings (SSSR count). The maximum absolute atomic E-state index is 5.88. The van der Waals surface area contributed by atoms with Gasteiger partial charge in [0.15, 0.2) is 0 Å². The van der Waals surface area contributed by atoms with Crippen LogP contribution in [0.1, 0.15) is 35.3 Å². The first-order valence-electron chi connectivity index (χ1n) is 7.00. The van der Waals surface area contributed by atoms with Gasteiger partial charge in [0.2, 0.25) is 0 Å². The van der Waals surface area contributed by atoms with Gasteiger partial charge in [-0.25, -0.2) is 0 Å². The second-order valence-electron chi connectivity index (χ2n) is 5.20. The summed E-state index contributed by atoms with van der Waals surface area (Å²) in [7, 11) is 1.67. The minimum absolute atomic E-state index is 0.00659. The zero-order valence-electron chi connectivity index (χ0n) is 13.0. The van der Waals surface area contributed by atoms with Gasteiger partial charge in [-0.1, -0.05) is 12.1 Å². The molecule has 1 aromatic carbocycles. The van der Waals surface area contributed by atoms with Crippen molar-refractivity contribution in [3.8, 4) is 11.5 Å². The smallest absolute Gasteiger partial charge is 0.131 e. The molecule has 0 aliphatic carbocycles. The predicted molar refractivity (Wildman–Crippen MR) is 83.6 cm³/mol. The van der Waals surface area contributed by atoms with Crippen LogP contribution in [0.4, 0.5) is 0 Å². The summed E-state index contributed by atoms with van der Waals surface area (Å²) in [6.07, 6.45) is 1.81. The number of nitrogens with zero attached hydrogens (tertiary/aromatic N) is 1. The average Bonchev–Trinajstić information content (AvgIpc) is 2.47. The van der Waals surface area contributed by atoms with Crippen LogP contribution in [0.25, 0.3) is 0 Å². The molecule has 0 bridgehead atoms. The maximum atomic E-state index is 5.88. The van der Waals surface area contributed by atoms with Crippen molar-refractivity contribution in [1.82, 2.24) is 4.98 Å². The topological polar surface area (TPSA) is 57.4 Å². The van der Waals surface area contributed by atoms with Crippen LogP contribution in [0.3, 0.4) is 0 Å². The number of pyridine rings is 1. The number of hydrogen-bond donors (Lipinski definition) is 1. The molecule has 0 fully saturated rings. The van der Waals surface area contributed by atoms with Crippen LogP contribution in [0.5, 0.6) is 11.5 Å². The van der Waals surface area contributed by atoms with E-state index in [-0.39, 0.29) is 6.04 Å². The van der Waals surface area contributed by atoms with E-state index in [9.17, 15) is 0 Å². The van der Waals surface area contributed by atoms with Crippen LogP contribution in [-0.4, -0.2) is 12.1 Å². The lowest BCUT2D eigenvalue weighted by Crippen LogP contribution is -2.06. The third kappa shape index (κ3) is 3.52. The Balaban J connectivity index is 2.15. The van der Waals surface area contributed by atoms with E-state index in [2.05, 4.69) is 4.98 Å². The Labute approximate surface area is 125 Å². The quantitative estimate of drug-likeness (QED) is 0.916. The Hall–Kier alpha value is -2.07. The van der Waals surface area contributed by atoms with Crippen LogP contribution >= 0.6 is 0 Å². The number of benzene rings is 1. The van der Waals surface area contributed by atoms with E-state index < -0.39 is 0 Å². The molecule has 0 aliphatic rings. The van der Waals surface area contributed by atoms with E-state index in [1.165, 1.54) is 0 Å². The summed E-state index contributed by atoms with van der Waals surface area (Å²) in [6, 6.07) is 7.82. The molecule has 1 aromatic heterocycles. The summed E-state index contributed by atoms with van der Waals surface area (Å²) in [5.41, 5.74) is 9.86. The molecule has 0 aliphatic heterocycles. The Kier molecular flexibility index (Phi) is 4.81. The standard InChI is InChI=1S/C17H22N2O2/c1-11-9-19-16(12(2)17(11)20-4)10-21-15-7-5-6-14(8-15)13(3)18/h5-9,13H,10,18H2,1-4H3/t13-/m1/s1. The molecule has 2 N–H and O–H groups in total. The molecule has 2 aromatic rings. The fraction of sp³-hybridized carbons (Fsp3) is 0.353. The van der Waals surface area contributed by atoms with Gasteiger partial charge in [0.25, 0.3) is 0 Å². The Morgan fingerprint density at radius 1 is 1.29 bits per heavy atom. The van der Waals surface area contributed by atoms with Crippen molar-refractivity contribution in [2.45, 2.75) is 33.4 Å². The van der Waals surface area contributed by atoms with Gasteiger partial charge in [0.05, 0.1) is 12.8 Å². The van der Waals surface area contributed by atoms with E-state index in [0.717, 1.165) is 33.9 Å². The molecule has 0 radical (unpaired) electrons. The molecular formula is C17H22N2O2. The highest BCUT2D eigenvalue weighted by Crippen LogP contribution is 2.25. The second kappa shape index (κ2) is 6.59. The summed E-state index contributed by atoms with van der Waals surface area (Å²) in [6.45, 7) is 6.34. The van der Waals surface area contributed by atoms with E-state index in [4.69, 9.17) is 15.2 Å². The zero-order valence-corrected chi connectivity index (χ0v) is 13.0. The predicted octanol–water partition coefficient (Wildman–Crippen LogP) is 3.31. The number of aromatic nitrogens is 1. The minimum Gasteiger partial charge on any atom is -0.496 e. The van der Waals surface area contributed by atoms with Gasteiger partial charge in [0, 0.05) is 23.4 Å². The van der Waals surface area contributed by atoms with Gasteiger partial charge in [-0.3, -0.25) is 4.98 Å². The van der Waals surface area contributed by atoms with Gasteiger partial charge < -0.3 is 15.2 Å². The van der Waals surface area contributed by atoms with Crippen molar-refractivity contribution in [2.75, 3.05) is 7.11 Å². The number of rotatable bonds is 5. The van der Waals surface area contributed by atoms with E-state index >= 15 is 0 Å². The van der Waals surface area contributed by atoms with Crippen molar-refractivity contribution in [1.29, 1.82) is 0 Å². The molecule has 1 atom stereocenters. The molecule has 112 valence electrons. The summed E-state index contributed by atoms with van der Waals surface area (Å²) < 4.78 is 11.2. The van der Waals surface area contributed by atoms with Crippen LogP contribution in [0, 0.1) is 13.8 Å². The Bertz CT molecular complexity index is 624. The lowest BCUT2D eigenvalue weighted by Gasteiger charge is -2.14. The van der Waals surface area contributed by atoms with E-state index in [1.54, 1.807) is 7.11 Å². The number of nitrogens with two attached hydrogens (primary N) is 1. The Morgan fingerprint density at radius 2 is 2.05 bits per heavy atom. The van der Waals surface area contributed by atoms with Crippen molar-refractivity contribution >= 4 is 0 Å². The SMILES string of the molecule is COc1c(C)cnc(COc2cccc([C@@H](C)N)c2)c1C. The third-order valence-corrected chi connectivity index (χ3v) is 3.51. The van der Waals surface area contributed by atoms with Crippen molar-refractivity contribution in [3.05, 3.63) is 52.8 Å². The highest BCUT2D eigenvalue weighted by atomic mass is 16.5. The largest absolute Gasteiger partial charge is 0.496 e. The number of ether oxygens (including phenoxy) is 2. The average molecular weight is 286 g/mol. The first kappa shape index (κ1) is 15.3. The fourth-order valence-corrected chi connectivity index (χ4v) is 2.26. The van der Waals surface area contributed by atoms with Crippen molar-refractivity contribution in [3.63, 3.8) is 0 Å². The van der Waals surface area contributed by atoms with Gasteiger partial charge >= 0.3 is 0 Å². The summed E-state index contributed by atoms with van der Waals surface area (Å²) in [5, 5.41) is 0. The zero-order chi connectivity index (χ0) is 15.4. The maximum Gasteiger partial charge on any atom is 0.131 e. The molecule has 21 heavy (non-hydrogen) atoms. The van der Waals surface area contributed by atoms with Gasteiger partial charge in [-0.15, -0.1) is 0 Å². The molecule has 4 heteroatoms. The lowest BCUT2D eigenvalue weighted by molar-refractivity contribution is 0.298. The van der Waals surface area contributed by atoms with Crippen LogP contribution < -0.4 is 15.2 Å². The molecule has 1 heterocycles. The Morgan fingerprint density at radius 3 is 2.71 bits per heavy atom. The lowest BCUT2D eigenvalue weighted by atomic mass is 10.1. The van der Waals surface area contributed by atoms with Crippen LogP contribution in [0.2, 0.25) is 0 Å². The highest BCUT2D eigenvalue weighted by Gasteiger charge is 2.10. The number of methoxy groups -OCH3 is 1. The summed E-state index contributed by atoms with van der Waals surface area (Å²) in [4.78, 5) is 4.43. The molecule has 0 amide bonds. The minimum atomic E-state index is -0.00659. The third-order valence-electron chi connectivity index (χ3n) is 3.51. The number of aryl methyl sites for hydroxylation is 1. The molecule has 4 nitrogen and oxygen atoms in total. The van der Waals surface area contributed by atoms with Crippen LogP contribution in [0.15, 0.2) is 30.5 Å². The molecule has 0 saturated heterocycles. The highest BCUT2D eigenvalue weighted by molar-refractivity contribution is 5.41. The summed E-state index contributed by atoms with van der Waals surface area (Å²) >= 11 is 0. The van der Waals surface area contributed by atoms with Crippen molar-refractivity contribution < 1.29 is 9.47 Å². The normalized spacial score (nSPS) is 12.0. The first-order valence-corrected chi connectivity index (χ1v) is 7.00. The van der Waals surface area contributed by atoms with Gasteiger partial charge in [-0.2, -0.15) is 0 Å². The molecule has 0 saturated carbocycles. The van der Waals surface area contributed by atoms with Gasteiger partial charge in [0.1, 0.15) is 18.1 Å².